The van der Waals surface area contributed by atoms with Crippen molar-refractivity contribution in [1.29, 1.82) is 0 Å². The summed E-state index contributed by atoms with van der Waals surface area (Å²) in [6, 6.07) is 7.62. The van der Waals surface area contributed by atoms with Gasteiger partial charge in [-0.3, -0.25) is 28.8 Å². The largest absolute Gasteiger partial charge is 0.507 e. The molecule has 0 saturated carbocycles. The SMILES string of the molecule is C=CC(=O)N1CC2C(=O)N(C3CN(C)C3)c3c(c4cc(Cl)c(-c5c(O)cccc5F)nc4n(-c4cccnc4C(C)C)c3=O)N2CC1C. The van der Waals surface area contributed by atoms with Gasteiger partial charge >= 0.3 is 0 Å². The number of hydrogen-bond acceptors (Lipinski definition) is 8. The number of phenolic OH excluding ortho intramolecular Hbond substituents is 1. The van der Waals surface area contributed by atoms with Crippen LogP contribution in [-0.4, -0.2) is 92.6 Å². The number of aromatic nitrogens is 3. The molecule has 11 nitrogen and oxygen atoms in total. The first-order valence-electron chi connectivity index (χ1n) is 15.9. The first kappa shape index (κ1) is 31.8. The Kier molecular flexibility index (Phi) is 7.75. The lowest BCUT2D eigenvalue weighted by molar-refractivity contribution is -0.131. The lowest BCUT2D eigenvalue weighted by atomic mass is 9.95. The highest BCUT2D eigenvalue weighted by Gasteiger charge is 2.50. The fourth-order valence-corrected chi connectivity index (χ4v) is 7.52. The summed E-state index contributed by atoms with van der Waals surface area (Å²) in [4.78, 5) is 59.2. The van der Waals surface area contributed by atoms with Crippen LogP contribution >= 0.6 is 11.6 Å². The standard InChI is InChI=1S/C35H35ClFN7O4/c1-6-27(46)41-17-25-34(47)43(20-15-40(5)16-20)32-31(42(25)14-19(41)4)21-13-22(36)30(28-23(37)9-7-11-26(28)45)39-33(21)44(35(32)48)24-10-8-12-38-29(24)18(2)3/h6-13,18-20,25,45H,1,14-17H2,2-5H3. The summed E-state index contributed by atoms with van der Waals surface area (Å²) in [5.74, 6) is -1.75. The number of carbonyl (C=O) groups is 2. The summed E-state index contributed by atoms with van der Waals surface area (Å²) in [5, 5.41) is 11.2. The molecule has 1 aromatic carbocycles. The quantitative estimate of drug-likeness (QED) is 0.312. The molecule has 3 aliphatic heterocycles. The Bertz CT molecular complexity index is 2060. The van der Waals surface area contributed by atoms with Crippen LogP contribution in [0.2, 0.25) is 5.02 Å². The second kappa shape index (κ2) is 11.7. The number of likely N-dealkylation sites (tertiary alicyclic amines) is 1. The van der Waals surface area contributed by atoms with Crippen LogP contribution in [0.25, 0.3) is 28.0 Å². The zero-order valence-electron chi connectivity index (χ0n) is 27.0. The molecule has 3 aliphatic rings. The molecule has 0 radical (unpaired) electrons. The molecule has 4 aromatic rings. The summed E-state index contributed by atoms with van der Waals surface area (Å²) in [6.07, 6.45) is 2.89. The molecule has 13 heteroatoms. The molecule has 0 aliphatic carbocycles. The maximum atomic E-state index is 15.3. The number of halogens is 2. The van der Waals surface area contributed by atoms with Crippen LogP contribution in [0.4, 0.5) is 15.8 Å². The number of carbonyl (C=O) groups excluding carboxylic acids is 2. The number of piperazine rings is 1. The molecule has 2 saturated heterocycles. The third-order valence-electron chi connectivity index (χ3n) is 9.54. The van der Waals surface area contributed by atoms with Crippen molar-refractivity contribution in [3.8, 4) is 22.7 Å². The molecule has 2 atom stereocenters. The fourth-order valence-electron chi connectivity index (χ4n) is 7.27. The van der Waals surface area contributed by atoms with E-state index >= 15 is 9.18 Å². The van der Waals surface area contributed by atoms with Crippen molar-refractivity contribution < 1.29 is 19.1 Å². The summed E-state index contributed by atoms with van der Waals surface area (Å²) in [5.41, 5.74) is 1.16. The van der Waals surface area contributed by atoms with Gasteiger partial charge in [-0.05, 0) is 56.3 Å². The Labute approximate surface area is 281 Å². The minimum atomic E-state index is -0.791. The van der Waals surface area contributed by atoms with Crippen LogP contribution in [0.3, 0.4) is 0 Å². The van der Waals surface area contributed by atoms with E-state index in [2.05, 4.69) is 16.5 Å². The van der Waals surface area contributed by atoms with Gasteiger partial charge in [0.15, 0.2) is 0 Å². The topological polar surface area (TPSA) is 115 Å². The molecule has 2 amide bonds. The minimum Gasteiger partial charge on any atom is -0.507 e. The number of rotatable bonds is 5. The van der Waals surface area contributed by atoms with Crippen LogP contribution in [0.1, 0.15) is 32.4 Å². The Morgan fingerprint density at radius 2 is 1.88 bits per heavy atom. The van der Waals surface area contributed by atoms with Gasteiger partial charge < -0.3 is 19.8 Å². The molecule has 7 rings (SSSR count). The van der Waals surface area contributed by atoms with Crippen molar-refractivity contribution in [2.24, 2.45) is 0 Å². The molecule has 0 bridgehead atoms. The lowest BCUT2D eigenvalue weighted by Gasteiger charge is -2.53. The Morgan fingerprint density at radius 1 is 1.12 bits per heavy atom. The number of likely N-dealkylation sites (N-methyl/N-ethyl adjacent to an activating group) is 1. The second-order valence-corrected chi connectivity index (χ2v) is 13.4. The van der Waals surface area contributed by atoms with E-state index in [1.54, 1.807) is 34.2 Å². The number of pyridine rings is 3. The van der Waals surface area contributed by atoms with Gasteiger partial charge in [0.2, 0.25) is 5.91 Å². The number of nitrogens with zero attached hydrogens (tertiary/aromatic N) is 7. The molecular weight excluding hydrogens is 637 g/mol. The van der Waals surface area contributed by atoms with Crippen LogP contribution in [0.15, 0.2) is 60.0 Å². The summed E-state index contributed by atoms with van der Waals surface area (Å²) in [6.45, 7) is 10.9. The van der Waals surface area contributed by atoms with E-state index in [4.69, 9.17) is 16.6 Å². The highest BCUT2D eigenvalue weighted by Crippen LogP contribution is 2.46. The van der Waals surface area contributed by atoms with E-state index in [1.165, 1.54) is 28.8 Å². The number of aromatic hydroxyl groups is 1. The van der Waals surface area contributed by atoms with Gasteiger partial charge in [-0.1, -0.05) is 38.1 Å². The average molecular weight is 672 g/mol. The maximum absolute atomic E-state index is 15.3. The van der Waals surface area contributed by atoms with E-state index in [1.807, 2.05) is 32.7 Å². The van der Waals surface area contributed by atoms with Gasteiger partial charge in [-0.15, -0.1) is 0 Å². The third-order valence-corrected chi connectivity index (χ3v) is 9.83. The monoisotopic (exact) mass is 671 g/mol. The van der Waals surface area contributed by atoms with E-state index in [9.17, 15) is 14.7 Å². The predicted molar refractivity (Wildman–Crippen MR) is 183 cm³/mol. The molecule has 3 aromatic heterocycles. The summed E-state index contributed by atoms with van der Waals surface area (Å²) >= 11 is 6.91. The second-order valence-electron chi connectivity index (χ2n) is 13.0. The number of phenols is 1. The van der Waals surface area contributed by atoms with Crippen LogP contribution < -0.4 is 15.4 Å². The van der Waals surface area contributed by atoms with Gasteiger partial charge in [-0.25, -0.2) is 9.37 Å². The van der Waals surface area contributed by atoms with Crippen LogP contribution in [-0.2, 0) is 9.59 Å². The lowest BCUT2D eigenvalue weighted by Crippen LogP contribution is -2.71. The number of hydrogen-bond donors (Lipinski definition) is 1. The van der Waals surface area contributed by atoms with Gasteiger partial charge in [0.05, 0.1) is 45.9 Å². The highest BCUT2D eigenvalue weighted by molar-refractivity contribution is 6.34. The molecule has 248 valence electrons. The summed E-state index contributed by atoms with van der Waals surface area (Å²) < 4.78 is 16.7. The molecule has 6 heterocycles. The zero-order chi connectivity index (χ0) is 34.2. The van der Waals surface area contributed by atoms with Gasteiger partial charge in [0.25, 0.3) is 11.5 Å². The number of fused-ring (bicyclic) bond motifs is 5. The first-order chi connectivity index (χ1) is 22.9. The normalized spacial score (nSPS) is 19.8. The van der Waals surface area contributed by atoms with Crippen molar-refractivity contribution in [2.45, 2.75) is 44.8 Å². The van der Waals surface area contributed by atoms with Gasteiger partial charge in [0, 0.05) is 37.3 Å². The Morgan fingerprint density at radius 3 is 2.54 bits per heavy atom. The van der Waals surface area contributed by atoms with E-state index in [0.717, 1.165) is 0 Å². The maximum Gasteiger partial charge on any atom is 0.283 e. The first-order valence-corrected chi connectivity index (χ1v) is 16.2. The highest BCUT2D eigenvalue weighted by atomic mass is 35.5. The van der Waals surface area contributed by atoms with Crippen LogP contribution in [0, 0.1) is 5.82 Å². The number of benzene rings is 1. The molecule has 1 N–H and O–H groups in total. The number of amides is 2. The zero-order valence-corrected chi connectivity index (χ0v) is 27.8. The molecule has 0 spiro atoms. The van der Waals surface area contributed by atoms with Crippen molar-refractivity contribution in [3.05, 3.63) is 82.1 Å². The van der Waals surface area contributed by atoms with Gasteiger partial charge in [-0.2, -0.15) is 0 Å². The molecular formula is C35H35ClFN7O4. The van der Waals surface area contributed by atoms with Crippen molar-refractivity contribution in [2.75, 3.05) is 43.0 Å². The summed E-state index contributed by atoms with van der Waals surface area (Å²) in [7, 11) is 1.94. The average Bonchev–Trinajstić information content (AvgIpc) is 3.04. The van der Waals surface area contributed by atoms with Crippen molar-refractivity contribution >= 4 is 45.8 Å². The molecule has 2 fully saturated rings. The number of anilines is 2. The third kappa shape index (κ3) is 4.76. The smallest absolute Gasteiger partial charge is 0.283 e. The van der Waals surface area contributed by atoms with E-state index in [-0.39, 0.29) is 76.3 Å². The molecule has 2 unspecified atom stereocenters. The van der Waals surface area contributed by atoms with Crippen molar-refractivity contribution in [3.63, 3.8) is 0 Å². The molecule has 48 heavy (non-hydrogen) atoms. The Balaban J connectivity index is 1.60. The van der Waals surface area contributed by atoms with Crippen molar-refractivity contribution in [1.82, 2.24) is 24.3 Å². The Hall–Kier alpha value is -4.81. The van der Waals surface area contributed by atoms with E-state index in [0.29, 0.717) is 35.5 Å². The van der Waals surface area contributed by atoms with E-state index < -0.39 is 17.4 Å². The predicted octanol–water partition coefficient (Wildman–Crippen LogP) is 4.32. The fraction of sp³-hybridized carbons (Fsp3) is 0.343. The minimum absolute atomic E-state index is 0.0430. The van der Waals surface area contributed by atoms with Crippen LogP contribution in [0.5, 0.6) is 5.75 Å². The van der Waals surface area contributed by atoms with Gasteiger partial charge in [0.1, 0.15) is 28.9 Å².